The fourth-order valence-electron chi connectivity index (χ4n) is 3.73. The quantitative estimate of drug-likeness (QED) is 0.669. The molecule has 8 heteroatoms. The van der Waals surface area contributed by atoms with Gasteiger partial charge in [-0.05, 0) is 43.5 Å². The monoisotopic (exact) mass is 422 g/mol. The Hall–Kier alpha value is -2.58. The lowest BCUT2D eigenvalue weighted by atomic mass is 9.74. The number of urea groups is 1. The van der Waals surface area contributed by atoms with E-state index in [-0.39, 0.29) is 24.5 Å². The van der Waals surface area contributed by atoms with Gasteiger partial charge in [-0.1, -0.05) is 18.2 Å². The van der Waals surface area contributed by atoms with Crippen molar-refractivity contribution < 1.29 is 27.8 Å². The van der Waals surface area contributed by atoms with Gasteiger partial charge >= 0.3 is 6.03 Å². The highest BCUT2D eigenvalue weighted by Gasteiger charge is 2.35. The topological polar surface area (TPSA) is 70.6 Å². The largest absolute Gasteiger partial charge is 0.383 e. The van der Waals surface area contributed by atoms with Crippen LogP contribution in [0, 0.1) is 17.5 Å². The van der Waals surface area contributed by atoms with Crippen LogP contribution in [0.2, 0.25) is 0 Å². The molecule has 0 aliphatic carbocycles. The summed E-state index contributed by atoms with van der Waals surface area (Å²) in [5.41, 5.74) is -1.53. The van der Waals surface area contributed by atoms with E-state index in [1.165, 1.54) is 19.1 Å². The highest BCUT2D eigenvalue weighted by molar-refractivity contribution is 5.74. The van der Waals surface area contributed by atoms with Gasteiger partial charge in [0.05, 0.1) is 6.54 Å². The normalized spacial score (nSPS) is 17.8. The molecule has 5 nitrogen and oxygen atoms in total. The van der Waals surface area contributed by atoms with Crippen LogP contribution in [0.25, 0.3) is 0 Å². The SMILES string of the molecule is CC(O)(CNC(=O)NCC1(c2cccc(F)c2)CCOCC1)c1ccc(F)cc1F. The first-order chi connectivity index (χ1) is 14.2. The maximum atomic E-state index is 14.0. The van der Waals surface area contributed by atoms with Gasteiger partial charge in [-0.25, -0.2) is 18.0 Å². The molecule has 1 fully saturated rings. The highest BCUT2D eigenvalue weighted by Crippen LogP contribution is 2.34. The number of carbonyl (C=O) groups excluding carboxylic acids is 1. The minimum absolute atomic E-state index is 0.120. The number of hydrogen-bond acceptors (Lipinski definition) is 3. The number of hydrogen-bond donors (Lipinski definition) is 3. The van der Waals surface area contributed by atoms with Crippen LogP contribution in [-0.2, 0) is 15.8 Å². The zero-order chi connectivity index (χ0) is 21.8. The minimum Gasteiger partial charge on any atom is -0.383 e. The van der Waals surface area contributed by atoms with E-state index in [0.29, 0.717) is 32.1 Å². The van der Waals surface area contributed by atoms with Gasteiger partial charge in [-0.15, -0.1) is 0 Å². The predicted molar refractivity (Wildman–Crippen MR) is 105 cm³/mol. The highest BCUT2D eigenvalue weighted by atomic mass is 19.1. The zero-order valence-electron chi connectivity index (χ0n) is 16.7. The van der Waals surface area contributed by atoms with E-state index in [1.54, 1.807) is 6.07 Å². The zero-order valence-corrected chi connectivity index (χ0v) is 16.7. The van der Waals surface area contributed by atoms with Crippen molar-refractivity contribution in [3.63, 3.8) is 0 Å². The second-order valence-corrected chi connectivity index (χ2v) is 7.84. The van der Waals surface area contributed by atoms with Gasteiger partial charge in [-0.3, -0.25) is 0 Å². The molecule has 1 saturated heterocycles. The molecule has 162 valence electrons. The number of amides is 2. The third kappa shape index (κ3) is 5.12. The van der Waals surface area contributed by atoms with Crippen LogP contribution in [0.15, 0.2) is 42.5 Å². The summed E-state index contributed by atoms with van der Waals surface area (Å²) in [6.07, 6.45) is 1.24. The van der Waals surface area contributed by atoms with Crippen LogP contribution in [0.4, 0.5) is 18.0 Å². The van der Waals surface area contributed by atoms with Crippen molar-refractivity contribution in [3.8, 4) is 0 Å². The Morgan fingerprint density at radius 3 is 2.47 bits per heavy atom. The Morgan fingerprint density at radius 1 is 1.10 bits per heavy atom. The molecule has 2 aromatic rings. The van der Waals surface area contributed by atoms with Crippen molar-refractivity contribution in [2.75, 3.05) is 26.3 Å². The summed E-state index contributed by atoms with van der Waals surface area (Å²) in [5, 5.41) is 15.8. The van der Waals surface area contributed by atoms with E-state index in [1.807, 2.05) is 6.07 Å². The Kier molecular flexibility index (Phi) is 6.67. The van der Waals surface area contributed by atoms with E-state index in [2.05, 4.69) is 10.6 Å². The molecule has 2 amide bonds. The standard InChI is InChI=1S/C22H25F3N2O3/c1-21(29,18-6-5-17(24)12-19(18)25)13-26-20(28)27-14-22(7-9-30-10-8-22)15-3-2-4-16(23)11-15/h2-6,11-12,29H,7-10,13-14H2,1H3,(H2,26,27,28). The van der Waals surface area contributed by atoms with Crippen molar-refractivity contribution in [2.45, 2.75) is 30.8 Å². The summed E-state index contributed by atoms with van der Waals surface area (Å²) in [6, 6.07) is 8.61. The van der Waals surface area contributed by atoms with Crippen LogP contribution in [0.1, 0.15) is 30.9 Å². The number of rotatable bonds is 6. The molecule has 0 saturated carbocycles. The fraction of sp³-hybridized carbons (Fsp3) is 0.409. The van der Waals surface area contributed by atoms with Crippen LogP contribution in [-0.4, -0.2) is 37.4 Å². The minimum atomic E-state index is -1.73. The van der Waals surface area contributed by atoms with Gasteiger partial charge in [0.15, 0.2) is 0 Å². The third-order valence-electron chi connectivity index (χ3n) is 5.58. The molecule has 0 radical (unpaired) electrons. The first kappa shape index (κ1) is 22.1. The van der Waals surface area contributed by atoms with Gasteiger partial charge in [0, 0.05) is 36.8 Å². The first-order valence-electron chi connectivity index (χ1n) is 9.75. The molecule has 3 N–H and O–H groups in total. The van der Waals surface area contributed by atoms with E-state index in [4.69, 9.17) is 4.74 Å². The lowest BCUT2D eigenvalue weighted by molar-refractivity contribution is 0.0491. The number of halogens is 3. The molecule has 30 heavy (non-hydrogen) atoms. The molecule has 1 aliphatic heterocycles. The van der Waals surface area contributed by atoms with Crippen molar-refractivity contribution in [2.24, 2.45) is 0 Å². The lowest BCUT2D eigenvalue weighted by Gasteiger charge is -2.38. The Labute approximate surface area is 173 Å². The van der Waals surface area contributed by atoms with Crippen LogP contribution < -0.4 is 10.6 Å². The van der Waals surface area contributed by atoms with Gasteiger partial charge in [0.2, 0.25) is 0 Å². The van der Waals surface area contributed by atoms with Crippen molar-refractivity contribution in [1.29, 1.82) is 0 Å². The average Bonchev–Trinajstić information content (AvgIpc) is 2.71. The van der Waals surface area contributed by atoms with Gasteiger partial charge < -0.3 is 20.5 Å². The van der Waals surface area contributed by atoms with E-state index >= 15 is 0 Å². The molecule has 0 aromatic heterocycles. The number of nitrogens with one attached hydrogen (secondary N) is 2. The second kappa shape index (κ2) is 9.06. The summed E-state index contributed by atoms with van der Waals surface area (Å²) in [5.74, 6) is -1.99. The first-order valence-corrected chi connectivity index (χ1v) is 9.75. The molecule has 2 aromatic carbocycles. The maximum absolute atomic E-state index is 14.0. The van der Waals surface area contributed by atoms with E-state index in [0.717, 1.165) is 17.7 Å². The predicted octanol–water partition coefficient (Wildman–Crippen LogP) is 3.36. The number of benzene rings is 2. The summed E-state index contributed by atoms with van der Waals surface area (Å²) in [6.45, 7) is 2.29. The molecular weight excluding hydrogens is 397 g/mol. The summed E-state index contributed by atoms with van der Waals surface area (Å²) in [7, 11) is 0. The Morgan fingerprint density at radius 2 is 1.80 bits per heavy atom. The van der Waals surface area contributed by atoms with Crippen molar-refractivity contribution >= 4 is 6.03 Å². The van der Waals surface area contributed by atoms with Crippen molar-refractivity contribution in [1.82, 2.24) is 10.6 Å². The molecule has 1 unspecified atom stereocenters. The third-order valence-corrected chi connectivity index (χ3v) is 5.58. The number of carbonyl (C=O) groups is 1. The molecule has 1 aliphatic rings. The molecular formula is C22H25F3N2O3. The molecule has 0 spiro atoms. The molecule has 1 atom stereocenters. The van der Waals surface area contributed by atoms with Crippen molar-refractivity contribution in [3.05, 3.63) is 71.0 Å². The Bertz CT molecular complexity index is 899. The van der Waals surface area contributed by atoms with Gasteiger partial charge in [0.1, 0.15) is 23.1 Å². The van der Waals surface area contributed by atoms with E-state index < -0.39 is 28.7 Å². The molecule has 3 rings (SSSR count). The number of aliphatic hydroxyl groups is 1. The van der Waals surface area contributed by atoms with Crippen LogP contribution in [0.5, 0.6) is 0 Å². The lowest BCUT2D eigenvalue weighted by Crippen LogP contribution is -2.49. The molecule has 1 heterocycles. The molecule has 0 bridgehead atoms. The second-order valence-electron chi connectivity index (χ2n) is 7.84. The number of ether oxygens (including phenoxy) is 1. The summed E-state index contributed by atoms with van der Waals surface area (Å²) in [4.78, 5) is 12.4. The average molecular weight is 422 g/mol. The van der Waals surface area contributed by atoms with Gasteiger partial charge in [0.25, 0.3) is 0 Å². The van der Waals surface area contributed by atoms with Crippen LogP contribution >= 0.6 is 0 Å². The summed E-state index contributed by atoms with van der Waals surface area (Å²) >= 11 is 0. The van der Waals surface area contributed by atoms with E-state index in [9.17, 15) is 23.1 Å². The Balaban J connectivity index is 1.63. The maximum Gasteiger partial charge on any atom is 0.314 e. The van der Waals surface area contributed by atoms with Crippen LogP contribution in [0.3, 0.4) is 0 Å². The van der Waals surface area contributed by atoms with Gasteiger partial charge in [-0.2, -0.15) is 0 Å². The smallest absolute Gasteiger partial charge is 0.314 e. The summed E-state index contributed by atoms with van der Waals surface area (Å²) < 4.78 is 46.2. The fourth-order valence-corrected chi connectivity index (χ4v) is 3.73.